The monoisotopic (exact) mass is 289 g/mol. The van der Waals surface area contributed by atoms with Crippen LogP contribution in [0.1, 0.15) is 49.7 Å². The standard InChI is InChI=1S/C18H24ClN/c1-12-4-17(19)3-2-16(12)11-20-18-8-13-5-14(9-18)7-15(6-13)10-18/h2-4,13-15,20H,5-11H2,1H3. The third-order valence-electron chi connectivity index (χ3n) is 6.00. The van der Waals surface area contributed by atoms with Gasteiger partial charge in [0.2, 0.25) is 0 Å². The van der Waals surface area contributed by atoms with E-state index in [2.05, 4.69) is 24.4 Å². The minimum Gasteiger partial charge on any atom is -0.307 e. The molecule has 108 valence electrons. The molecule has 4 fully saturated rings. The number of rotatable bonds is 3. The summed E-state index contributed by atoms with van der Waals surface area (Å²) in [5.74, 6) is 3.04. The first-order valence-corrected chi connectivity index (χ1v) is 8.50. The van der Waals surface area contributed by atoms with Crippen LogP contribution in [-0.4, -0.2) is 5.54 Å². The van der Waals surface area contributed by atoms with Crippen molar-refractivity contribution in [3.05, 3.63) is 34.3 Å². The Bertz CT molecular complexity index is 487. The molecule has 1 N–H and O–H groups in total. The highest BCUT2D eigenvalue weighted by atomic mass is 35.5. The Hall–Kier alpha value is -0.530. The van der Waals surface area contributed by atoms with Gasteiger partial charge in [0.05, 0.1) is 0 Å². The summed E-state index contributed by atoms with van der Waals surface area (Å²) in [4.78, 5) is 0. The molecule has 4 aliphatic carbocycles. The van der Waals surface area contributed by atoms with Crippen molar-refractivity contribution >= 4 is 11.6 Å². The van der Waals surface area contributed by atoms with E-state index in [1.807, 2.05) is 6.07 Å². The van der Waals surface area contributed by atoms with Crippen LogP contribution >= 0.6 is 11.6 Å². The van der Waals surface area contributed by atoms with Crippen LogP contribution in [0.15, 0.2) is 18.2 Å². The Labute approximate surface area is 127 Å². The summed E-state index contributed by atoms with van der Waals surface area (Å²) in [7, 11) is 0. The summed E-state index contributed by atoms with van der Waals surface area (Å²) >= 11 is 6.05. The summed E-state index contributed by atoms with van der Waals surface area (Å²) in [6, 6.07) is 6.29. The maximum Gasteiger partial charge on any atom is 0.0408 e. The van der Waals surface area contributed by atoms with E-state index >= 15 is 0 Å². The third-order valence-corrected chi connectivity index (χ3v) is 6.23. The molecule has 0 atom stereocenters. The molecular formula is C18H24ClN. The zero-order valence-electron chi connectivity index (χ0n) is 12.3. The van der Waals surface area contributed by atoms with Crippen LogP contribution in [0.2, 0.25) is 5.02 Å². The first-order chi connectivity index (χ1) is 9.62. The van der Waals surface area contributed by atoms with Gasteiger partial charge < -0.3 is 5.32 Å². The predicted molar refractivity (Wildman–Crippen MR) is 83.9 cm³/mol. The van der Waals surface area contributed by atoms with E-state index < -0.39 is 0 Å². The summed E-state index contributed by atoms with van der Waals surface area (Å²) in [5, 5.41) is 4.81. The van der Waals surface area contributed by atoms with Gasteiger partial charge in [0.1, 0.15) is 0 Å². The SMILES string of the molecule is Cc1cc(Cl)ccc1CNC12CC3CC(CC(C3)C1)C2. The maximum atomic E-state index is 6.05. The average Bonchev–Trinajstić information content (AvgIpc) is 2.36. The second-order valence-corrected chi connectivity index (χ2v) is 8.06. The number of nitrogens with one attached hydrogen (secondary N) is 1. The summed E-state index contributed by atoms with van der Waals surface area (Å²) in [6.45, 7) is 3.18. The third kappa shape index (κ3) is 2.29. The number of benzene rings is 1. The van der Waals surface area contributed by atoms with Crippen molar-refractivity contribution in [2.24, 2.45) is 17.8 Å². The molecule has 1 aromatic rings. The number of hydrogen-bond donors (Lipinski definition) is 1. The molecule has 0 spiro atoms. The van der Waals surface area contributed by atoms with E-state index in [4.69, 9.17) is 11.6 Å². The highest BCUT2D eigenvalue weighted by molar-refractivity contribution is 6.30. The van der Waals surface area contributed by atoms with Gasteiger partial charge in [-0.3, -0.25) is 0 Å². The molecule has 0 aromatic heterocycles. The summed E-state index contributed by atoms with van der Waals surface area (Å²) in [5.41, 5.74) is 3.18. The molecule has 4 saturated carbocycles. The van der Waals surface area contributed by atoms with E-state index in [1.165, 1.54) is 49.7 Å². The summed E-state index contributed by atoms with van der Waals surface area (Å²) < 4.78 is 0. The number of halogens is 1. The normalized spacial score (nSPS) is 38.4. The van der Waals surface area contributed by atoms with Gasteiger partial charge >= 0.3 is 0 Å². The first-order valence-electron chi connectivity index (χ1n) is 8.12. The number of hydrogen-bond acceptors (Lipinski definition) is 1. The molecule has 20 heavy (non-hydrogen) atoms. The van der Waals surface area contributed by atoms with Gasteiger partial charge in [0.15, 0.2) is 0 Å². The van der Waals surface area contributed by atoms with Crippen LogP contribution in [-0.2, 0) is 6.54 Å². The molecule has 2 heteroatoms. The van der Waals surface area contributed by atoms with Crippen molar-refractivity contribution in [1.82, 2.24) is 5.32 Å². The second kappa shape index (κ2) is 4.74. The fourth-order valence-electron chi connectivity index (χ4n) is 5.47. The molecule has 0 aliphatic heterocycles. The van der Waals surface area contributed by atoms with Crippen LogP contribution in [0.5, 0.6) is 0 Å². The van der Waals surface area contributed by atoms with E-state index in [-0.39, 0.29) is 0 Å². The Morgan fingerprint density at radius 1 is 1.10 bits per heavy atom. The quantitative estimate of drug-likeness (QED) is 0.850. The van der Waals surface area contributed by atoms with Crippen molar-refractivity contribution in [2.45, 2.75) is 57.5 Å². The van der Waals surface area contributed by atoms with Crippen LogP contribution in [0.4, 0.5) is 0 Å². The highest BCUT2D eigenvalue weighted by Crippen LogP contribution is 2.55. The Balaban J connectivity index is 1.49. The van der Waals surface area contributed by atoms with Crippen molar-refractivity contribution in [3.8, 4) is 0 Å². The lowest BCUT2D eigenvalue weighted by Gasteiger charge is -2.57. The van der Waals surface area contributed by atoms with Crippen LogP contribution in [0, 0.1) is 24.7 Å². The average molecular weight is 290 g/mol. The van der Waals surface area contributed by atoms with E-state index in [9.17, 15) is 0 Å². The molecule has 0 amide bonds. The zero-order valence-corrected chi connectivity index (χ0v) is 13.0. The van der Waals surface area contributed by atoms with Crippen LogP contribution < -0.4 is 5.32 Å². The van der Waals surface area contributed by atoms with Gasteiger partial charge in [-0.1, -0.05) is 17.7 Å². The van der Waals surface area contributed by atoms with E-state index in [1.54, 1.807) is 0 Å². The van der Waals surface area contributed by atoms with E-state index in [0.717, 1.165) is 29.3 Å². The Morgan fingerprint density at radius 3 is 2.25 bits per heavy atom. The fraction of sp³-hybridized carbons (Fsp3) is 0.667. The molecule has 0 radical (unpaired) electrons. The molecule has 5 rings (SSSR count). The highest BCUT2D eigenvalue weighted by Gasteiger charge is 2.50. The molecule has 4 aliphatic rings. The molecule has 0 unspecified atom stereocenters. The van der Waals surface area contributed by atoms with Gasteiger partial charge in [-0.05, 0) is 86.5 Å². The Morgan fingerprint density at radius 2 is 1.70 bits per heavy atom. The second-order valence-electron chi connectivity index (χ2n) is 7.62. The van der Waals surface area contributed by atoms with Crippen LogP contribution in [0.3, 0.4) is 0 Å². The smallest absolute Gasteiger partial charge is 0.0408 e. The zero-order chi connectivity index (χ0) is 13.7. The maximum absolute atomic E-state index is 6.05. The molecule has 1 aromatic carbocycles. The van der Waals surface area contributed by atoms with Crippen molar-refractivity contribution in [1.29, 1.82) is 0 Å². The lowest BCUT2D eigenvalue weighted by atomic mass is 9.53. The molecule has 4 bridgehead atoms. The fourth-order valence-corrected chi connectivity index (χ4v) is 5.69. The minimum atomic E-state index is 0.459. The largest absolute Gasteiger partial charge is 0.307 e. The molecule has 1 nitrogen and oxygen atoms in total. The van der Waals surface area contributed by atoms with Crippen molar-refractivity contribution < 1.29 is 0 Å². The minimum absolute atomic E-state index is 0.459. The molecule has 0 saturated heterocycles. The lowest BCUT2D eigenvalue weighted by Crippen LogP contribution is -2.58. The first kappa shape index (κ1) is 13.2. The Kier molecular flexibility index (Phi) is 3.12. The topological polar surface area (TPSA) is 12.0 Å². The van der Waals surface area contributed by atoms with Gasteiger partial charge in [-0.25, -0.2) is 0 Å². The summed E-state index contributed by atoms with van der Waals surface area (Å²) in [6.07, 6.45) is 8.81. The predicted octanol–water partition coefficient (Wildman–Crippen LogP) is 4.71. The van der Waals surface area contributed by atoms with E-state index in [0.29, 0.717) is 5.54 Å². The lowest BCUT2D eigenvalue weighted by molar-refractivity contribution is -0.0206. The molecular weight excluding hydrogens is 266 g/mol. The van der Waals surface area contributed by atoms with Gasteiger partial charge in [0.25, 0.3) is 0 Å². The number of aryl methyl sites for hydroxylation is 1. The van der Waals surface area contributed by atoms with Gasteiger partial charge in [-0.2, -0.15) is 0 Å². The molecule has 0 heterocycles. The van der Waals surface area contributed by atoms with Crippen LogP contribution in [0.25, 0.3) is 0 Å². The van der Waals surface area contributed by atoms with Gasteiger partial charge in [-0.15, -0.1) is 0 Å². The van der Waals surface area contributed by atoms with Crippen molar-refractivity contribution in [3.63, 3.8) is 0 Å². The van der Waals surface area contributed by atoms with Gasteiger partial charge in [0, 0.05) is 17.1 Å². The van der Waals surface area contributed by atoms with Crippen molar-refractivity contribution in [2.75, 3.05) is 0 Å².